The summed E-state index contributed by atoms with van der Waals surface area (Å²) >= 11 is 0. The first-order valence-corrected chi connectivity index (χ1v) is 15.8. The summed E-state index contributed by atoms with van der Waals surface area (Å²) in [6.45, 7) is 0.981. The average molecular weight is 580 g/mol. The quantitative estimate of drug-likeness (QED) is 0.243. The Bertz CT molecular complexity index is 1790. The molecule has 0 bridgehead atoms. The van der Waals surface area contributed by atoms with Crippen molar-refractivity contribution in [3.05, 3.63) is 107 Å². The highest BCUT2D eigenvalue weighted by Crippen LogP contribution is 2.42. The van der Waals surface area contributed by atoms with Crippen LogP contribution in [0.5, 0.6) is 5.75 Å². The molecule has 2 fully saturated rings. The third-order valence-electron chi connectivity index (χ3n) is 8.35. The molecule has 0 N–H and O–H groups in total. The van der Waals surface area contributed by atoms with Gasteiger partial charge in [0.2, 0.25) is 15.9 Å². The Morgan fingerprint density at radius 3 is 2.55 bits per heavy atom. The minimum Gasteiger partial charge on any atom is -0.497 e. The van der Waals surface area contributed by atoms with E-state index in [1.165, 1.54) is 9.87 Å². The van der Waals surface area contributed by atoms with Gasteiger partial charge in [0, 0.05) is 19.6 Å². The smallest absolute Gasteiger partial charge is 0.243 e. The van der Waals surface area contributed by atoms with Crippen LogP contribution in [0.4, 0.5) is 0 Å². The van der Waals surface area contributed by atoms with Crippen LogP contribution < -0.4 is 4.74 Å². The lowest BCUT2D eigenvalue weighted by Gasteiger charge is -2.28. The molecule has 1 saturated heterocycles. The first-order chi connectivity index (χ1) is 20.4. The minimum atomic E-state index is -4.02. The lowest BCUT2D eigenvalue weighted by Crippen LogP contribution is -2.46. The Hall–Kier alpha value is -4.19. The molecule has 1 atom stereocenters. The fraction of sp³-hybridized carbons (Fsp3) is 0.294. The highest BCUT2D eigenvalue weighted by Gasteiger charge is 2.42. The van der Waals surface area contributed by atoms with Gasteiger partial charge in [-0.1, -0.05) is 48.5 Å². The van der Waals surface area contributed by atoms with Crippen molar-refractivity contribution >= 4 is 26.7 Å². The Labute approximate surface area is 247 Å². The third kappa shape index (κ3) is 5.63. The van der Waals surface area contributed by atoms with Crippen molar-refractivity contribution in [2.75, 3.05) is 20.2 Å². The molecule has 1 saturated carbocycles. The van der Waals surface area contributed by atoms with Gasteiger partial charge in [0.25, 0.3) is 0 Å². The van der Waals surface area contributed by atoms with Crippen molar-refractivity contribution in [1.82, 2.24) is 9.21 Å². The van der Waals surface area contributed by atoms with E-state index < -0.39 is 16.1 Å². The van der Waals surface area contributed by atoms with E-state index in [1.54, 1.807) is 48.4 Å². The largest absolute Gasteiger partial charge is 0.497 e. The van der Waals surface area contributed by atoms with Crippen molar-refractivity contribution < 1.29 is 17.9 Å². The molecule has 0 radical (unpaired) electrons. The zero-order chi connectivity index (χ0) is 29.3. The van der Waals surface area contributed by atoms with E-state index in [2.05, 4.69) is 18.2 Å². The number of benzene rings is 4. The topological polar surface area (TPSA) is 90.7 Å². The maximum absolute atomic E-state index is 14.4. The van der Waals surface area contributed by atoms with Gasteiger partial charge in [-0.05, 0) is 95.5 Å². The molecule has 1 heterocycles. The van der Waals surface area contributed by atoms with Crippen LogP contribution in [0, 0.1) is 11.3 Å². The average Bonchev–Trinajstić information content (AvgIpc) is 3.81. The van der Waals surface area contributed by atoms with Crippen LogP contribution in [0.15, 0.2) is 89.8 Å². The molecule has 4 aromatic carbocycles. The van der Waals surface area contributed by atoms with Crippen LogP contribution in [0.3, 0.4) is 0 Å². The Morgan fingerprint density at radius 2 is 1.76 bits per heavy atom. The summed E-state index contributed by atoms with van der Waals surface area (Å²) in [6, 6.07) is 27.4. The normalized spacial score (nSPS) is 17.1. The maximum Gasteiger partial charge on any atom is 0.243 e. The summed E-state index contributed by atoms with van der Waals surface area (Å²) in [5, 5.41) is 10.9. The molecular weight excluding hydrogens is 546 g/mol. The number of rotatable bonds is 10. The number of nitrogens with zero attached hydrogens (tertiary/aromatic N) is 3. The number of hydrogen-bond acceptors (Lipinski definition) is 5. The number of carbonyl (C=O) groups is 1. The molecular formula is C34H33N3O4S. The van der Waals surface area contributed by atoms with Gasteiger partial charge in [-0.3, -0.25) is 4.79 Å². The summed E-state index contributed by atoms with van der Waals surface area (Å²) in [7, 11) is -2.44. The molecule has 6 rings (SSSR count). The van der Waals surface area contributed by atoms with Crippen molar-refractivity contribution in [3.63, 3.8) is 0 Å². The SMILES string of the molecule is COc1ccc2ccc(S(=O)(=O)N(CCc3ccccc3C3CC3)[C@H]3CCN(Cc4cccc(C#N)c4)C3=O)cc2c1. The van der Waals surface area contributed by atoms with Gasteiger partial charge in [0.15, 0.2) is 0 Å². The zero-order valence-corrected chi connectivity index (χ0v) is 24.4. The summed E-state index contributed by atoms with van der Waals surface area (Å²) in [4.78, 5) is 15.7. The van der Waals surface area contributed by atoms with E-state index in [0.29, 0.717) is 43.2 Å². The van der Waals surface area contributed by atoms with Crippen LogP contribution in [-0.4, -0.2) is 49.8 Å². The number of hydrogen-bond donors (Lipinski definition) is 0. The predicted molar refractivity (Wildman–Crippen MR) is 161 cm³/mol. The summed E-state index contributed by atoms with van der Waals surface area (Å²) in [5.74, 6) is 0.973. The second kappa shape index (κ2) is 11.6. The fourth-order valence-electron chi connectivity index (χ4n) is 5.96. The van der Waals surface area contributed by atoms with E-state index in [1.807, 2.05) is 36.4 Å². The van der Waals surface area contributed by atoms with Crippen molar-refractivity contribution in [3.8, 4) is 11.8 Å². The molecule has 8 heteroatoms. The number of likely N-dealkylation sites (tertiary alicyclic amines) is 1. The van der Waals surface area contributed by atoms with E-state index in [9.17, 15) is 18.5 Å². The summed E-state index contributed by atoms with van der Waals surface area (Å²) in [5.41, 5.74) is 3.80. The summed E-state index contributed by atoms with van der Waals surface area (Å²) < 4.78 is 35.5. The molecule has 1 aliphatic heterocycles. The monoisotopic (exact) mass is 579 g/mol. The van der Waals surface area contributed by atoms with Crippen LogP contribution in [0.2, 0.25) is 0 Å². The Morgan fingerprint density at radius 1 is 0.952 bits per heavy atom. The highest BCUT2D eigenvalue weighted by atomic mass is 32.2. The van der Waals surface area contributed by atoms with Gasteiger partial charge in [0.1, 0.15) is 11.8 Å². The molecule has 2 aliphatic rings. The highest BCUT2D eigenvalue weighted by molar-refractivity contribution is 7.89. The molecule has 0 spiro atoms. The van der Waals surface area contributed by atoms with Crippen LogP contribution in [-0.2, 0) is 27.8 Å². The van der Waals surface area contributed by atoms with Crippen LogP contribution in [0.1, 0.15) is 47.4 Å². The molecule has 1 amide bonds. The lowest BCUT2D eigenvalue weighted by atomic mass is 10.0. The van der Waals surface area contributed by atoms with Crippen molar-refractivity contribution in [1.29, 1.82) is 5.26 Å². The van der Waals surface area contributed by atoms with Gasteiger partial charge in [-0.15, -0.1) is 0 Å². The van der Waals surface area contributed by atoms with Gasteiger partial charge in [-0.25, -0.2) is 8.42 Å². The van der Waals surface area contributed by atoms with E-state index in [4.69, 9.17) is 4.74 Å². The van der Waals surface area contributed by atoms with Gasteiger partial charge >= 0.3 is 0 Å². The zero-order valence-electron chi connectivity index (χ0n) is 23.6. The molecule has 4 aromatic rings. The maximum atomic E-state index is 14.4. The third-order valence-corrected chi connectivity index (χ3v) is 10.2. The first-order valence-electron chi connectivity index (χ1n) is 14.3. The van der Waals surface area contributed by atoms with Crippen molar-refractivity contribution in [2.24, 2.45) is 0 Å². The predicted octanol–water partition coefficient (Wildman–Crippen LogP) is 5.63. The fourth-order valence-corrected chi connectivity index (χ4v) is 7.61. The van der Waals surface area contributed by atoms with E-state index in [-0.39, 0.29) is 17.3 Å². The Kier molecular flexibility index (Phi) is 7.72. The van der Waals surface area contributed by atoms with E-state index in [0.717, 1.165) is 34.7 Å². The molecule has 0 unspecified atom stereocenters. The lowest BCUT2D eigenvalue weighted by molar-refractivity contribution is -0.131. The second-order valence-electron chi connectivity index (χ2n) is 11.1. The van der Waals surface area contributed by atoms with Crippen molar-refractivity contribution in [2.45, 2.75) is 49.1 Å². The van der Waals surface area contributed by atoms with Crippen LogP contribution in [0.25, 0.3) is 10.8 Å². The second-order valence-corrected chi connectivity index (χ2v) is 13.0. The molecule has 214 valence electrons. The van der Waals surface area contributed by atoms with Gasteiger partial charge in [-0.2, -0.15) is 9.57 Å². The standard InChI is InChI=1S/C34H33N3O4S/c1-41-30-13-11-26-12-14-31(21-29(26)20-30)42(39,40)37(18-15-27-7-2-3-8-32(27)28-9-10-28)33-16-17-36(34(33)38)23-25-6-4-5-24(19-25)22-35/h2-8,11-14,19-21,28,33H,9-10,15-18,23H2,1H3/t33-/m0/s1. The molecule has 1 aliphatic carbocycles. The molecule has 42 heavy (non-hydrogen) atoms. The van der Waals surface area contributed by atoms with Gasteiger partial charge < -0.3 is 9.64 Å². The number of fused-ring (bicyclic) bond motifs is 1. The first kappa shape index (κ1) is 28.0. The minimum absolute atomic E-state index is 0.159. The van der Waals surface area contributed by atoms with E-state index >= 15 is 0 Å². The molecule has 7 nitrogen and oxygen atoms in total. The number of amides is 1. The summed E-state index contributed by atoms with van der Waals surface area (Å²) in [6.07, 6.45) is 3.24. The number of nitriles is 1. The number of sulfonamides is 1. The van der Waals surface area contributed by atoms with Gasteiger partial charge in [0.05, 0.1) is 23.6 Å². The number of carbonyl (C=O) groups excluding carboxylic acids is 1. The van der Waals surface area contributed by atoms with Crippen LogP contribution >= 0.6 is 0 Å². The number of ether oxygens (including phenoxy) is 1. The molecule has 0 aromatic heterocycles. The Balaban J connectivity index is 1.32. The number of methoxy groups -OCH3 is 1.